The molecule has 0 aliphatic carbocycles. The number of carbonyl (C=O) groups is 4. The smallest absolute Gasteiger partial charge is 0.550 e. The van der Waals surface area contributed by atoms with Gasteiger partial charge in [0.2, 0.25) is 0 Å². The maximum Gasteiger partial charge on any atom is 2.00 e. The molecule has 0 radical (unpaired) electrons. The Hall–Kier alpha value is 1.31. The number of rotatable bonds is 10. The van der Waals surface area contributed by atoms with Gasteiger partial charge in [0.15, 0.2) is 0 Å². The third-order valence-electron chi connectivity index (χ3n) is 3.77. The van der Waals surface area contributed by atoms with E-state index in [9.17, 15) is 19.8 Å². The number of carboxylic acids is 4. The van der Waals surface area contributed by atoms with E-state index in [0.29, 0.717) is 0 Å². The van der Waals surface area contributed by atoms with Gasteiger partial charge in [-0.2, -0.15) is 0 Å². The summed E-state index contributed by atoms with van der Waals surface area (Å²) in [4.78, 5) is 37.9. The summed E-state index contributed by atoms with van der Waals surface area (Å²) in [5.41, 5.74) is 0. The summed E-state index contributed by atoms with van der Waals surface area (Å²) < 4.78 is 0. The standard InChI is InChI=1S/2C8H14O2S2.2C2H4O2.Ca.Mg/c2*9-8(10)4-2-1-3-7-5-6-11-12-7;2*1-2(3)4;;/h2*7H,1-6H2,(H,9,10);2*1H3,(H,3,4);;/q;;;;2*+2/p-4. The van der Waals surface area contributed by atoms with E-state index in [1.807, 2.05) is 43.2 Å². The molecule has 2 aliphatic rings. The second kappa shape index (κ2) is 30.5. The number of hydrogen-bond donors (Lipinski definition) is 0. The summed E-state index contributed by atoms with van der Waals surface area (Å²) >= 11 is 0. The van der Waals surface area contributed by atoms with Gasteiger partial charge in [0, 0.05) is 45.9 Å². The minimum Gasteiger partial charge on any atom is -0.550 e. The van der Waals surface area contributed by atoms with E-state index in [4.69, 9.17) is 19.8 Å². The molecule has 0 spiro atoms. The van der Waals surface area contributed by atoms with Crippen LogP contribution >= 0.6 is 43.2 Å². The first-order valence-electron chi connectivity index (χ1n) is 10.4. The average Bonchev–Trinajstić information content (AvgIpc) is 3.36. The van der Waals surface area contributed by atoms with E-state index in [2.05, 4.69) is 0 Å². The van der Waals surface area contributed by atoms with E-state index in [0.717, 1.165) is 50.0 Å². The third-order valence-corrected chi connectivity index (χ3v) is 9.78. The molecule has 14 heteroatoms. The quantitative estimate of drug-likeness (QED) is 0.184. The van der Waals surface area contributed by atoms with Gasteiger partial charge in [0.05, 0.1) is 0 Å². The predicted molar refractivity (Wildman–Crippen MR) is 137 cm³/mol. The topological polar surface area (TPSA) is 161 Å². The van der Waals surface area contributed by atoms with E-state index in [1.54, 1.807) is 0 Å². The Morgan fingerprint density at radius 3 is 1.18 bits per heavy atom. The zero-order valence-corrected chi connectivity index (χ0v) is 26.8. The van der Waals surface area contributed by atoms with Crippen LogP contribution in [0.4, 0.5) is 0 Å². The zero-order valence-electron chi connectivity index (χ0n) is 20.0. The summed E-state index contributed by atoms with van der Waals surface area (Å²) in [7, 11) is 7.78. The predicted octanol–water partition coefficient (Wildman–Crippen LogP) is -0.348. The fourth-order valence-corrected chi connectivity index (χ4v) is 8.47. The maximum atomic E-state index is 10.1. The van der Waals surface area contributed by atoms with Crippen molar-refractivity contribution in [2.45, 2.75) is 88.6 Å². The molecule has 2 atom stereocenters. The molecule has 0 aromatic rings. The van der Waals surface area contributed by atoms with Crippen LogP contribution in [0.25, 0.3) is 0 Å². The van der Waals surface area contributed by atoms with Gasteiger partial charge in [0.25, 0.3) is 0 Å². The summed E-state index contributed by atoms with van der Waals surface area (Å²) in [5, 5.41) is 39.5. The first-order chi connectivity index (χ1) is 15.0. The number of hydrogen-bond acceptors (Lipinski definition) is 12. The maximum absolute atomic E-state index is 10.1. The van der Waals surface area contributed by atoms with Gasteiger partial charge in [-0.3, -0.25) is 0 Å². The molecule has 0 amide bonds. The molecule has 0 saturated carbocycles. The number of aliphatic carboxylic acids is 4. The summed E-state index contributed by atoms with van der Waals surface area (Å²) in [6.45, 7) is 1.94. The largest absolute Gasteiger partial charge is 2.00 e. The van der Waals surface area contributed by atoms with Crippen molar-refractivity contribution in [1.82, 2.24) is 0 Å². The summed E-state index contributed by atoms with van der Waals surface area (Å²) in [6.07, 6.45) is 9.01. The van der Waals surface area contributed by atoms with Crippen molar-refractivity contribution in [3.63, 3.8) is 0 Å². The first-order valence-corrected chi connectivity index (χ1v) is 15.1. The van der Waals surface area contributed by atoms with Gasteiger partial charge < -0.3 is 39.6 Å². The molecular weight excluding hydrogens is 561 g/mol. The molecule has 2 unspecified atom stereocenters. The molecule has 2 rings (SSSR count). The molecule has 8 nitrogen and oxygen atoms in total. The second-order valence-electron chi connectivity index (χ2n) is 6.88. The van der Waals surface area contributed by atoms with E-state index in [-0.39, 0.29) is 73.6 Å². The average molecular weight is 593 g/mol. The normalized spacial score (nSPS) is 17.6. The van der Waals surface area contributed by atoms with Crippen LogP contribution in [0.15, 0.2) is 0 Å². The summed E-state index contributed by atoms with van der Waals surface area (Å²) in [6, 6.07) is 0. The van der Waals surface area contributed by atoms with E-state index in [1.165, 1.54) is 37.2 Å². The molecule has 0 N–H and O–H groups in total. The van der Waals surface area contributed by atoms with Gasteiger partial charge >= 0.3 is 60.8 Å². The van der Waals surface area contributed by atoms with Gasteiger partial charge in [-0.25, -0.2) is 0 Å². The minimum atomic E-state index is -1.08. The van der Waals surface area contributed by atoms with Crippen LogP contribution in [0, 0.1) is 0 Å². The Bertz CT molecular complexity index is 481. The van der Waals surface area contributed by atoms with Crippen molar-refractivity contribution in [2.75, 3.05) is 11.5 Å². The zero-order chi connectivity index (χ0) is 24.8. The molecule has 0 aromatic carbocycles. The Kier molecular flexibility index (Phi) is 38.1. The SMILES string of the molecule is CC(=O)[O-].CC(=O)[O-].O=C([O-])CCCCC1CCSS1.O=C([O-])CCCCC1CCSS1.[Ca+2].[Mg+2]. The van der Waals surface area contributed by atoms with E-state index < -0.39 is 23.9 Å². The molecule has 0 aromatic heterocycles. The van der Waals surface area contributed by atoms with Crippen LogP contribution in [-0.2, 0) is 19.2 Å². The van der Waals surface area contributed by atoms with Crippen LogP contribution in [0.5, 0.6) is 0 Å². The number of carbonyl (C=O) groups excluding carboxylic acids is 4. The van der Waals surface area contributed by atoms with Gasteiger partial charge in [-0.1, -0.05) is 56.0 Å². The Labute approximate surface area is 264 Å². The molecule has 2 fully saturated rings. The Balaban J connectivity index is -0.000000194. The molecule has 0 bridgehead atoms. The van der Waals surface area contributed by atoms with Crippen molar-refractivity contribution in [2.24, 2.45) is 0 Å². The van der Waals surface area contributed by atoms with Crippen LogP contribution < -0.4 is 20.4 Å². The van der Waals surface area contributed by atoms with Crippen LogP contribution in [-0.4, -0.2) is 107 Å². The molecule has 2 saturated heterocycles. The molecule has 2 aliphatic heterocycles. The fraction of sp³-hybridized carbons (Fsp3) is 0.800. The second-order valence-corrected chi connectivity index (χ2v) is 12.5. The number of carboxylic acid groups (broad SMARTS) is 4. The Morgan fingerprint density at radius 1 is 0.676 bits per heavy atom. The van der Waals surface area contributed by atoms with Gasteiger partial charge in [0.1, 0.15) is 0 Å². The van der Waals surface area contributed by atoms with Crippen molar-refractivity contribution < 1.29 is 39.6 Å². The molecule has 2 heterocycles. The third kappa shape index (κ3) is 40.5. The van der Waals surface area contributed by atoms with Crippen LogP contribution in [0.1, 0.15) is 78.1 Å². The minimum absolute atomic E-state index is 0. The van der Waals surface area contributed by atoms with Crippen molar-refractivity contribution in [3.05, 3.63) is 0 Å². The van der Waals surface area contributed by atoms with Gasteiger partial charge in [-0.15, -0.1) is 0 Å². The fourth-order valence-electron chi connectivity index (χ4n) is 2.41. The Morgan fingerprint density at radius 2 is 0.971 bits per heavy atom. The van der Waals surface area contributed by atoms with E-state index >= 15 is 0 Å². The monoisotopic (exact) mass is 592 g/mol. The van der Waals surface area contributed by atoms with Crippen molar-refractivity contribution in [3.8, 4) is 0 Å². The van der Waals surface area contributed by atoms with Crippen LogP contribution in [0.3, 0.4) is 0 Å². The van der Waals surface area contributed by atoms with Gasteiger partial charge in [-0.05, 0) is 65.2 Å². The van der Waals surface area contributed by atoms with Crippen molar-refractivity contribution >= 4 is 128 Å². The molecule has 34 heavy (non-hydrogen) atoms. The first kappa shape index (κ1) is 42.4. The molecular formula is C20H32CaMgO8S4. The molecule has 188 valence electrons. The number of unbranched alkanes of at least 4 members (excludes halogenated alkanes) is 2. The van der Waals surface area contributed by atoms with Crippen LogP contribution in [0.2, 0.25) is 0 Å². The summed E-state index contributed by atoms with van der Waals surface area (Å²) in [5.74, 6) is -1.47. The van der Waals surface area contributed by atoms with Crippen molar-refractivity contribution in [1.29, 1.82) is 0 Å².